The van der Waals surface area contributed by atoms with Gasteiger partial charge < -0.3 is 24.7 Å². The largest absolute Gasteiger partial charge is 0.381 e. The summed E-state index contributed by atoms with van der Waals surface area (Å²) in [5.41, 5.74) is 3.55. The second kappa shape index (κ2) is 8.28. The lowest BCUT2D eigenvalue weighted by atomic mass is 9.83. The fraction of sp³-hybridized carbons (Fsp3) is 0.550. The van der Waals surface area contributed by atoms with Crippen LogP contribution in [-0.2, 0) is 15.9 Å². The molecule has 1 atom stereocenters. The Morgan fingerprint density at radius 1 is 1.25 bits per heavy atom. The summed E-state index contributed by atoms with van der Waals surface area (Å²) in [6.07, 6.45) is 6.51. The highest BCUT2D eigenvalue weighted by Gasteiger charge is 2.28. The van der Waals surface area contributed by atoms with Crippen molar-refractivity contribution >= 4 is 17.3 Å². The molecule has 0 radical (unpaired) electrons. The number of hydrogen-bond acceptors (Lipinski definition) is 7. The van der Waals surface area contributed by atoms with E-state index in [2.05, 4.69) is 15.3 Å². The fourth-order valence-corrected chi connectivity index (χ4v) is 3.98. The highest BCUT2D eigenvalue weighted by molar-refractivity contribution is 5.58. The monoisotopic (exact) mass is 385 g/mol. The third-order valence-electron chi connectivity index (χ3n) is 5.64. The van der Waals surface area contributed by atoms with E-state index < -0.39 is 0 Å². The third-order valence-corrected chi connectivity index (χ3v) is 5.64. The highest BCUT2D eigenvalue weighted by Crippen LogP contribution is 2.31. The van der Waals surface area contributed by atoms with Crippen LogP contribution in [0.15, 0.2) is 23.3 Å². The van der Waals surface area contributed by atoms with E-state index in [4.69, 9.17) is 14.5 Å². The minimum absolute atomic E-state index is 0.122. The van der Waals surface area contributed by atoms with Gasteiger partial charge in [-0.15, -0.1) is 0 Å². The van der Waals surface area contributed by atoms with Gasteiger partial charge in [-0.25, -0.2) is 9.97 Å². The Hall–Kier alpha value is -2.45. The number of H-pyrrole nitrogens is 1. The molecule has 28 heavy (non-hydrogen) atoms. The van der Waals surface area contributed by atoms with Crippen molar-refractivity contribution in [3.8, 4) is 0 Å². The zero-order chi connectivity index (χ0) is 19.5. The molecule has 1 unspecified atom stereocenters. The molecule has 2 aliphatic heterocycles. The van der Waals surface area contributed by atoms with E-state index in [1.54, 1.807) is 12.3 Å². The quantitative estimate of drug-likeness (QED) is 0.837. The second-order valence-corrected chi connectivity index (χ2v) is 7.66. The van der Waals surface area contributed by atoms with Gasteiger partial charge in [-0.1, -0.05) is 0 Å². The van der Waals surface area contributed by atoms with Crippen LogP contribution >= 0.6 is 0 Å². The summed E-state index contributed by atoms with van der Waals surface area (Å²) in [5.74, 6) is 1.56. The predicted octanol–water partition coefficient (Wildman–Crippen LogP) is 2.23. The number of aromatic nitrogens is 3. The van der Waals surface area contributed by atoms with Gasteiger partial charge in [0.05, 0.1) is 29.9 Å². The second-order valence-electron chi connectivity index (χ2n) is 7.66. The Balaban J connectivity index is 1.60. The Bertz CT molecular complexity index is 878. The Morgan fingerprint density at radius 3 is 2.86 bits per heavy atom. The number of anilines is 3. The molecule has 1 fully saturated rings. The lowest BCUT2D eigenvalue weighted by molar-refractivity contribution is 0.0141. The first kappa shape index (κ1) is 18.9. The average Bonchev–Trinajstić information content (AvgIpc) is 2.69. The predicted molar refractivity (Wildman–Crippen MR) is 107 cm³/mol. The third kappa shape index (κ3) is 4.18. The molecule has 0 saturated carbocycles. The fourth-order valence-electron chi connectivity index (χ4n) is 3.98. The van der Waals surface area contributed by atoms with Crippen molar-refractivity contribution in [3.05, 3.63) is 40.1 Å². The minimum atomic E-state index is -0.122. The van der Waals surface area contributed by atoms with E-state index in [0.717, 1.165) is 61.7 Å². The van der Waals surface area contributed by atoms with E-state index in [1.807, 2.05) is 25.1 Å². The Morgan fingerprint density at radius 2 is 2.07 bits per heavy atom. The van der Waals surface area contributed by atoms with Crippen LogP contribution < -0.4 is 15.8 Å². The lowest BCUT2D eigenvalue weighted by Crippen LogP contribution is -2.34. The molecule has 0 amide bonds. The van der Waals surface area contributed by atoms with Gasteiger partial charge >= 0.3 is 0 Å². The summed E-state index contributed by atoms with van der Waals surface area (Å²) in [7, 11) is 2.00. The Labute approximate surface area is 164 Å². The van der Waals surface area contributed by atoms with Gasteiger partial charge in [0, 0.05) is 32.5 Å². The molecule has 8 nitrogen and oxygen atoms in total. The van der Waals surface area contributed by atoms with Gasteiger partial charge in [-0.05, 0) is 43.6 Å². The molecular formula is C20H27N5O3. The zero-order valence-electron chi connectivity index (χ0n) is 16.4. The summed E-state index contributed by atoms with van der Waals surface area (Å²) >= 11 is 0. The van der Waals surface area contributed by atoms with E-state index in [-0.39, 0.29) is 5.56 Å². The number of rotatable bonds is 3. The first-order valence-corrected chi connectivity index (χ1v) is 9.79. The molecule has 0 bridgehead atoms. The van der Waals surface area contributed by atoms with Crippen molar-refractivity contribution in [1.82, 2.24) is 15.0 Å². The van der Waals surface area contributed by atoms with Crippen LogP contribution in [0.5, 0.6) is 0 Å². The number of nitrogens with zero attached hydrogens (tertiary/aromatic N) is 3. The molecule has 150 valence electrons. The number of fused-ring (bicyclic) bond motifs is 1. The van der Waals surface area contributed by atoms with Gasteiger partial charge in [0.25, 0.3) is 0 Å². The maximum Gasteiger partial charge on any atom is 0.248 e. The number of pyridine rings is 1. The lowest BCUT2D eigenvalue weighted by Gasteiger charge is -2.34. The van der Waals surface area contributed by atoms with Crippen molar-refractivity contribution in [3.63, 3.8) is 0 Å². The van der Waals surface area contributed by atoms with Gasteiger partial charge in [-0.2, -0.15) is 0 Å². The van der Waals surface area contributed by atoms with Crippen LogP contribution in [0.2, 0.25) is 0 Å². The van der Waals surface area contributed by atoms with Crippen molar-refractivity contribution in [2.75, 3.05) is 43.8 Å². The topological polar surface area (TPSA) is 92.4 Å². The summed E-state index contributed by atoms with van der Waals surface area (Å²) in [5, 5.41) is 3.23. The van der Waals surface area contributed by atoms with Gasteiger partial charge in [0.15, 0.2) is 0 Å². The number of ether oxygens (including phenoxy) is 2. The van der Waals surface area contributed by atoms with Crippen LogP contribution in [0, 0.1) is 18.8 Å². The summed E-state index contributed by atoms with van der Waals surface area (Å²) < 4.78 is 11.5. The number of hydrogen-bond donors (Lipinski definition) is 2. The highest BCUT2D eigenvalue weighted by atomic mass is 16.5. The SMILES string of the molecule is Cc1cc(=O)[nH]cc1Nc1ncc2c(n1)CC(C1CCOCC1)COCN2C. The Kier molecular flexibility index (Phi) is 5.59. The van der Waals surface area contributed by atoms with Crippen molar-refractivity contribution < 1.29 is 9.47 Å². The number of aromatic amines is 1. The summed E-state index contributed by atoms with van der Waals surface area (Å²) in [4.78, 5) is 25.5. The number of nitrogens with one attached hydrogen (secondary N) is 2. The van der Waals surface area contributed by atoms with E-state index >= 15 is 0 Å². The molecule has 2 aliphatic rings. The molecule has 1 saturated heterocycles. The summed E-state index contributed by atoms with van der Waals surface area (Å²) in [6, 6.07) is 1.56. The first-order chi connectivity index (χ1) is 13.6. The van der Waals surface area contributed by atoms with Crippen LogP contribution in [-0.4, -0.2) is 48.6 Å². The normalized spacial score (nSPS) is 20.9. The molecule has 2 aromatic heterocycles. The van der Waals surface area contributed by atoms with Crippen molar-refractivity contribution in [1.29, 1.82) is 0 Å². The van der Waals surface area contributed by atoms with E-state index in [9.17, 15) is 4.79 Å². The average molecular weight is 385 g/mol. The molecule has 8 heteroatoms. The summed E-state index contributed by atoms with van der Waals surface area (Å²) in [6.45, 7) is 4.81. The van der Waals surface area contributed by atoms with Crippen LogP contribution in [0.4, 0.5) is 17.3 Å². The number of aryl methyl sites for hydroxylation is 1. The maximum atomic E-state index is 11.4. The van der Waals surface area contributed by atoms with Crippen molar-refractivity contribution in [2.24, 2.45) is 11.8 Å². The van der Waals surface area contributed by atoms with Crippen LogP contribution in [0.1, 0.15) is 24.1 Å². The molecule has 2 aromatic rings. The standard InChI is InChI=1S/C20H27N5O3/c1-13-7-19(26)21-9-17(13)24-20-22-10-18-16(23-20)8-15(11-28-12-25(18)2)14-3-5-27-6-4-14/h7,9-10,14-15H,3-6,8,11-12H2,1-2H3,(H,21,26)(H,22,23,24). The molecule has 0 aliphatic carbocycles. The van der Waals surface area contributed by atoms with Crippen LogP contribution in [0.3, 0.4) is 0 Å². The molecular weight excluding hydrogens is 358 g/mol. The molecule has 0 aromatic carbocycles. The molecule has 4 heterocycles. The zero-order valence-corrected chi connectivity index (χ0v) is 16.4. The van der Waals surface area contributed by atoms with E-state index in [1.165, 1.54) is 0 Å². The van der Waals surface area contributed by atoms with Crippen LogP contribution in [0.25, 0.3) is 0 Å². The smallest absolute Gasteiger partial charge is 0.248 e. The maximum absolute atomic E-state index is 11.4. The van der Waals surface area contributed by atoms with Crippen molar-refractivity contribution in [2.45, 2.75) is 26.2 Å². The minimum Gasteiger partial charge on any atom is -0.381 e. The van der Waals surface area contributed by atoms with Gasteiger partial charge in [0.2, 0.25) is 11.5 Å². The molecule has 2 N–H and O–H groups in total. The van der Waals surface area contributed by atoms with Gasteiger partial charge in [-0.3, -0.25) is 4.79 Å². The first-order valence-electron chi connectivity index (χ1n) is 9.79. The van der Waals surface area contributed by atoms with Gasteiger partial charge in [0.1, 0.15) is 6.73 Å². The molecule has 4 rings (SSSR count). The molecule has 0 spiro atoms. The van der Waals surface area contributed by atoms with E-state index in [0.29, 0.717) is 24.5 Å².